The average molecular weight is 300 g/mol. The van der Waals surface area contributed by atoms with E-state index >= 15 is 0 Å². The molecule has 7 heteroatoms. The summed E-state index contributed by atoms with van der Waals surface area (Å²) >= 11 is 0. The first-order chi connectivity index (χ1) is 8.35. The van der Waals surface area contributed by atoms with Crippen molar-refractivity contribution in [1.29, 1.82) is 0 Å². The molecule has 1 fully saturated rings. The van der Waals surface area contributed by atoms with Crippen molar-refractivity contribution in [3.05, 3.63) is 0 Å². The predicted molar refractivity (Wildman–Crippen MR) is 68.0 cm³/mol. The number of hydrogen-bond acceptors (Lipinski definition) is 3. The molecule has 0 amide bonds. The first-order valence-electron chi connectivity index (χ1n) is 6.50. The minimum absolute atomic E-state index is 0.0761. The minimum Gasteiger partial charge on any atom is -0.373 e. The number of aliphatic hydroxyl groups is 1. The standard InChI is InChI=1S/C12H23F3O3Si/c1-10(2,3)8-6-7-11(16,18-19(4)5)17-9(8)12(13,14)15/h8-9,16,19H,6-7H2,1-5H3/t8-,9+,11?/m1/s1. The summed E-state index contributed by atoms with van der Waals surface area (Å²) in [6, 6.07) is 0. The van der Waals surface area contributed by atoms with Crippen LogP contribution in [-0.4, -0.2) is 32.4 Å². The lowest BCUT2D eigenvalue weighted by Gasteiger charge is -2.46. The van der Waals surface area contributed by atoms with Crippen LogP contribution in [0.25, 0.3) is 0 Å². The molecule has 1 unspecified atom stereocenters. The lowest BCUT2D eigenvalue weighted by atomic mass is 9.73. The Labute approximate surface area is 113 Å². The van der Waals surface area contributed by atoms with Gasteiger partial charge in [0.15, 0.2) is 15.1 Å². The molecule has 1 rings (SSSR count). The van der Waals surface area contributed by atoms with Gasteiger partial charge in [0.25, 0.3) is 5.97 Å². The van der Waals surface area contributed by atoms with Gasteiger partial charge in [-0.25, -0.2) is 0 Å². The van der Waals surface area contributed by atoms with Gasteiger partial charge in [0.05, 0.1) is 0 Å². The van der Waals surface area contributed by atoms with Crippen LogP contribution in [-0.2, 0) is 9.16 Å². The normalized spacial score (nSPS) is 33.8. The van der Waals surface area contributed by atoms with E-state index in [1.165, 1.54) is 0 Å². The maximum atomic E-state index is 13.1. The molecule has 1 heterocycles. The van der Waals surface area contributed by atoms with Crippen LogP contribution in [0.4, 0.5) is 13.2 Å². The smallest absolute Gasteiger partial charge is 0.373 e. The maximum absolute atomic E-state index is 13.1. The Morgan fingerprint density at radius 2 is 1.79 bits per heavy atom. The van der Waals surface area contributed by atoms with E-state index in [1.807, 2.05) is 0 Å². The Morgan fingerprint density at radius 1 is 1.26 bits per heavy atom. The quantitative estimate of drug-likeness (QED) is 0.629. The van der Waals surface area contributed by atoms with Crippen LogP contribution in [0.2, 0.25) is 13.1 Å². The first kappa shape index (κ1) is 16.9. The third-order valence-corrected chi connectivity index (χ3v) is 4.14. The van der Waals surface area contributed by atoms with Crippen molar-refractivity contribution in [2.24, 2.45) is 11.3 Å². The van der Waals surface area contributed by atoms with Crippen LogP contribution >= 0.6 is 0 Å². The van der Waals surface area contributed by atoms with Crippen LogP contribution in [0.15, 0.2) is 0 Å². The lowest BCUT2D eigenvalue weighted by Crippen LogP contribution is -2.56. The third-order valence-electron chi connectivity index (χ3n) is 3.30. The Hall–Kier alpha value is -0.113. The number of alkyl halides is 3. The number of hydrogen-bond donors (Lipinski definition) is 1. The minimum atomic E-state index is -4.51. The van der Waals surface area contributed by atoms with Crippen LogP contribution in [0.1, 0.15) is 33.6 Å². The topological polar surface area (TPSA) is 38.7 Å². The van der Waals surface area contributed by atoms with Gasteiger partial charge in [0, 0.05) is 6.42 Å². The molecule has 1 N–H and O–H groups in total. The van der Waals surface area contributed by atoms with Gasteiger partial charge in [0.2, 0.25) is 0 Å². The van der Waals surface area contributed by atoms with E-state index in [-0.39, 0.29) is 12.8 Å². The van der Waals surface area contributed by atoms with Crippen LogP contribution in [0, 0.1) is 11.3 Å². The second kappa shape index (κ2) is 5.35. The van der Waals surface area contributed by atoms with Gasteiger partial charge < -0.3 is 14.3 Å². The molecule has 1 aliphatic rings. The van der Waals surface area contributed by atoms with Crippen molar-refractivity contribution < 1.29 is 27.4 Å². The molecule has 3 atom stereocenters. The molecule has 1 saturated heterocycles. The predicted octanol–water partition coefficient (Wildman–Crippen LogP) is 3.04. The summed E-state index contributed by atoms with van der Waals surface area (Å²) in [6.07, 6.45) is -6.19. The van der Waals surface area contributed by atoms with Gasteiger partial charge in [0.1, 0.15) is 0 Å². The van der Waals surface area contributed by atoms with E-state index in [2.05, 4.69) is 0 Å². The van der Waals surface area contributed by atoms with Crippen molar-refractivity contribution in [1.82, 2.24) is 0 Å². The van der Waals surface area contributed by atoms with Crippen molar-refractivity contribution in [2.75, 3.05) is 0 Å². The molecular weight excluding hydrogens is 277 g/mol. The molecule has 19 heavy (non-hydrogen) atoms. The molecule has 3 nitrogen and oxygen atoms in total. The van der Waals surface area contributed by atoms with Crippen molar-refractivity contribution in [3.8, 4) is 0 Å². The zero-order valence-electron chi connectivity index (χ0n) is 12.0. The third kappa shape index (κ3) is 4.44. The second-order valence-corrected chi connectivity index (χ2v) is 8.80. The number of rotatable bonds is 2. The largest absolute Gasteiger partial charge is 0.415 e. The molecular formula is C12H23F3O3Si. The summed E-state index contributed by atoms with van der Waals surface area (Å²) < 4.78 is 49.5. The number of halogens is 3. The summed E-state index contributed by atoms with van der Waals surface area (Å²) in [5.41, 5.74) is -0.545. The highest BCUT2D eigenvalue weighted by Crippen LogP contribution is 2.46. The molecule has 0 bridgehead atoms. The fourth-order valence-corrected chi connectivity index (χ4v) is 3.38. The van der Waals surface area contributed by atoms with E-state index in [1.54, 1.807) is 33.9 Å². The summed E-state index contributed by atoms with van der Waals surface area (Å²) in [7, 11) is -1.70. The highest BCUT2D eigenvalue weighted by molar-refractivity contribution is 6.48. The second-order valence-electron chi connectivity index (χ2n) is 6.47. The summed E-state index contributed by atoms with van der Waals surface area (Å²) in [5.74, 6) is -2.77. The highest BCUT2D eigenvalue weighted by atomic mass is 28.3. The molecule has 114 valence electrons. The fourth-order valence-electron chi connectivity index (χ4n) is 2.47. The van der Waals surface area contributed by atoms with E-state index in [9.17, 15) is 18.3 Å². The Morgan fingerprint density at radius 3 is 2.16 bits per heavy atom. The first-order valence-corrected chi connectivity index (χ1v) is 9.28. The van der Waals surface area contributed by atoms with Gasteiger partial charge in [-0.15, -0.1) is 0 Å². The zero-order valence-corrected chi connectivity index (χ0v) is 13.2. The molecule has 0 saturated carbocycles. The van der Waals surface area contributed by atoms with Gasteiger partial charge >= 0.3 is 6.18 Å². The van der Waals surface area contributed by atoms with Gasteiger partial charge in [-0.3, -0.25) is 0 Å². The molecule has 0 spiro atoms. The van der Waals surface area contributed by atoms with Gasteiger partial charge in [-0.2, -0.15) is 13.2 Å². The maximum Gasteiger partial charge on any atom is 0.415 e. The Balaban J connectivity index is 2.95. The summed E-state index contributed by atoms with van der Waals surface area (Å²) in [6.45, 7) is 8.81. The molecule has 0 aromatic rings. The molecule has 1 aliphatic heterocycles. The van der Waals surface area contributed by atoms with Crippen LogP contribution in [0.5, 0.6) is 0 Å². The van der Waals surface area contributed by atoms with Crippen molar-refractivity contribution in [2.45, 2.75) is 65.0 Å². The van der Waals surface area contributed by atoms with Crippen molar-refractivity contribution >= 4 is 9.04 Å². The van der Waals surface area contributed by atoms with E-state index < -0.39 is 38.6 Å². The summed E-state index contributed by atoms with van der Waals surface area (Å²) in [4.78, 5) is 0. The molecule has 0 aromatic heterocycles. The zero-order chi connectivity index (χ0) is 15.1. The molecule has 0 aliphatic carbocycles. The van der Waals surface area contributed by atoms with E-state index in [0.717, 1.165) is 0 Å². The monoisotopic (exact) mass is 300 g/mol. The fraction of sp³-hybridized carbons (Fsp3) is 1.00. The van der Waals surface area contributed by atoms with Crippen LogP contribution in [0.3, 0.4) is 0 Å². The van der Waals surface area contributed by atoms with Crippen LogP contribution < -0.4 is 0 Å². The molecule has 0 radical (unpaired) electrons. The van der Waals surface area contributed by atoms with E-state index in [4.69, 9.17) is 9.16 Å². The number of ether oxygens (including phenoxy) is 1. The Bertz CT molecular complexity index is 314. The lowest BCUT2D eigenvalue weighted by molar-refractivity contribution is -0.409. The Kier molecular flexibility index (Phi) is 4.77. The highest BCUT2D eigenvalue weighted by Gasteiger charge is 2.56. The average Bonchev–Trinajstić information content (AvgIpc) is 2.11. The molecule has 0 aromatic carbocycles. The van der Waals surface area contributed by atoms with E-state index in [0.29, 0.717) is 0 Å². The summed E-state index contributed by atoms with van der Waals surface area (Å²) in [5, 5.41) is 10.0. The van der Waals surface area contributed by atoms with Gasteiger partial charge in [-0.05, 0) is 30.8 Å². The SMILES string of the molecule is C[SiH](C)OC1(O)CC[C@@H](C(C)(C)C)[C@@H](C(F)(F)F)O1. The van der Waals surface area contributed by atoms with Gasteiger partial charge in [-0.1, -0.05) is 20.8 Å². The van der Waals surface area contributed by atoms with Crippen molar-refractivity contribution in [3.63, 3.8) is 0 Å².